The van der Waals surface area contributed by atoms with E-state index in [1.807, 2.05) is 0 Å². The highest BCUT2D eigenvalue weighted by Crippen LogP contribution is 2.15. The molecule has 0 fully saturated rings. The SMILES string of the molecule is Cc1cc(C(=O)Nc2cnc(-n3cccn3)nc2)c(C)o1. The van der Waals surface area contributed by atoms with Crippen molar-refractivity contribution in [3.05, 3.63) is 54.0 Å². The second-order valence-electron chi connectivity index (χ2n) is 4.50. The van der Waals surface area contributed by atoms with Crippen LogP contribution in [0, 0.1) is 13.8 Å². The summed E-state index contributed by atoms with van der Waals surface area (Å²) >= 11 is 0. The molecule has 3 rings (SSSR count). The van der Waals surface area contributed by atoms with Crippen LogP contribution in [0.1, 0.15) is 21.9 Å². The average molecular weight is 283 g/mol. The Kier molecular flexibility index (Phi) is 3.23. The number of hydrogen-bond acceptors (Lipinski definition) is 5. The van der Waals surface area contributed by atoms with E-state index in [1.54, 1.807) is 38.4 Å². The smallest absolute Gasteiger partial charge is 0.259 e. The van der Waals surface area contributed by atoms with Gasteiger partial charge in [0.05, 0.1) is 23.6 Å². The Bertz CT molecular complexity index is 759. The van der Waals surface area contributed by atoms with Gasteiger partial charge in [0.2, 0.25) is 0 Å². The topological polar surface area (TPSA) is 85.8 Å². The van der Waals surface area contributed by atoms with Gasteiger partial charge in [-0.2, -0.15) is 5.10 Å². The van der Waals surface area contributed by atoms with E-state index >= 15 is 0 Å². The van der Waals surface area contributed by atoms with Crippen molar-refractivity contribution in [2.45, 2.75) is 13.8 Å². The van der Waals surface area contributed by atoms with Crippen LogP contribution in [0.3, 0.4) is 0 Å². The maximum Gasteiger partial charge on any atom is 0.259 e. The van der Waals surface area contributed by atoms with Crippen molar-refractivity contribution < 1.29 is 9.21 Å². The van der Waals surface area contributed by atoms with Gasteiger partial charge < -0.3 is 9.73 Å². The quantitative estimate of drug-likeness (QED) is 0.795. The van der Waals surface area contributed by atoms with Gasteiger partial charge in [0.15, 0.2) is 0 Å². The zero-order chi connectivity index (χ0) is 14.8. The lowest BCUT2D eigenvalue weighted by Gasteiger charge is -2.04. The van der Waals surface area contributed by atoms with Crippen LogP contribution in [0.4, 0.5) is 5.69 Å². The molecule has 1 N–H and O–H groups in total. The van der Waals surface area contributed by atoms with E-state index in [4.69, 9.17) is 4.42 Å². The molecule has 0 unspecified atom stereocenters. The van der Waals surface area contributed by atoms with Gasteiger partial charge in [0, 0.05) is 12.4 Å². The fourth-order valence-corrected chi connectivity index (χ4v) is 1.95. The predicted molar refractivity (Wildman–Crippen MR) is 75.3 cm³/mol. The van der Waals surface area contributed by atoms with E-state index in [9.17, 15) is 4.79 Å². The molecule has 106 valence electrons. The summed E-state index contributed by atoms with van der Waals surface area (Å²) in [6, 6.07) is 3.48. The highest BCUT2D eigenvalue weighted by atomic mass is 16.3. The van der Waals surface area contributed by atoms with Gasteiger partial charge in [-0.15, -0.1) is 0 Å². The molecular weight excluding hydrogens is 270 g/mol. The van der Waals surface area contributed by atoms with Crippen LogP contribution >= 0.6 is 0 Å². The van der Waals surface area contributed by atoms with Crippen molar-refractivity contribution in [3.63, 3.8) is 0 Å². The summed E-state index contributed by atoms with van der Waals surface area (Å²) < 4.78 is 6.87. The van der Waals surface area contributed by atoms with Gasteiger partial charge in [-0.25, -0.2) is 14.6 Å². The Morgan fingerprint density at radius 3 is 2.62 bits per heavy atom. The molecule has 0 atom stereocenters. The van der Waals surface area contributed by atoms with E-state index in [0.717, 1.165) is 0 Å². The van der Waals surface area contributed by atoms with Crippen LogP contribution in [0.15, 0.2) is 41.3 Å². The van der Waals surface area contributed by atoms with Crippen LogP contribution in [-0.2, 0) is 0 Å². The monoisotopic (exact) mass is 283 g/mol. The Balaban J connectivity index is 1.76. The summed E-state index contributed by atoms with van der Waals surface area (Å²) in [6.07, 6.45) is 6.45. The lowest BCUT2D eigenvalue weighted by Crippen LogP contribution is -2.13. The number of carbonyl (C=O) groups is 1. The Morgan fingerprint density at radius 1 is 1.29 bits per heavy atom. The first-order chi connectivity index (χ1) is 10.1. The number of aryl methyl sites for hydroxylation is 2. The average Bonchev–Trinajstić information content (AvgIpc) is 3.09. The lowest BCUT2D eigenvalue weighted by atomic mass is 10.2. The number of anilines is 1. The highest BCUT2D eigenvalue weighted by Gasteiger charge is 2.14. The van der Waals surface area contributed by atoms with Crippen molar-refractivity contribution >= 4 is 11.6 Å². The zero-order valence-electron chi connectivity index (χ0n) is 11.6. The maximum absolute atomic E-state index is 12.1. The van der Waals surface area contributed by atoms with Crippen molar-refractivity contribution in [3.8, 4) is 5.95 Å². The first-order valence-corrected chi connectivity index (χ1v) is 6.34. The largest absolute Gasteiger partial charge is 0.466 e. The Labute approximate surface area is 120 Å². The van der Waals surface area contributed by atoms with Crippen LogP contribution in [0.25, 0.3) is 5.95 Å². The molecule has 0 aromatic carbocycles. The van der Waals surface area contributed by atoms with E-state index in [2.05, 4.69) is 20.4 Å². The number of carbonyl (C=O) groups excluding carboxylic acids is 1. The second-order valence-corrected chi connectivity index (χ2v) is 4.50. The molecule has 21 heavy (non-hydrogen) atoms. The van der Waals surface area contributed by atoms with Crippen molar-refractivity contribution in [2.24, 2.45) is 0 Å². The van der Waals surface area contributed by atoms with Crippen LogP contribution in [0.2, 0.25) is 0 Å². The summed E-state index contributed by atoms with van der Waals surface area (Å²) in [7, 11) is 0. The fraction of sp³-hybridized carbons (Fsp3) is 0.143. The second kappa shape index (κ2) is 5.20. The van der Waals surface area contributed by atoms with Gasteiger partial charge in [-0.3, -0.25) is 4.79 Å². The van der Waals surface area contributed by atoms with Gasteiger partial charge in [-0.1, -0.05) is 0 Å². The number of amides is 1. The normalized spacial score (nSPS) is 10.6. The molecule has 0 saturated carbocycles. The van der Waals surface area contributed by atoms with Crippen LogP contribution < -0.4 is 5.32 Å². The molecule has 0 aliphatic carbocycles. The highest BCUT2D eigenvalue weighted by molar-refractivity contribution is 6.04. The molecule has 3 heterocycles. The predicted octanol–water partition coefficient (Wildman–Crippen LogP) is 2.12. The minimum atomic E-state index is -0.250. The summed E-state index contributed by atoms with van der Waals surface area (Å²) in [4.78, 5) is 20.4. The molecule has 7 heteroatoms. The number of hydrogen-bond donors (Lipinski definition) is 1. The molecule has 7 nitrogen and oxygen atoms in total. The van der Waals surface area contributed by atoms with Crippen LogP contribution in [0.5, 0.6) is 0 Å². The van der Waals surface area contributed by atoms with E-state index in [0.29, 0.717) is 28.7 Å². The third-order valence-corrected chi connectivity index (χ3v) is 2.89. The molecule has 3 aromatic heterocycles. The van der Waals surface area contributed by atoms with E-state index in [1.165, 1.54) is 17.1 Å². The molecule has 0 spiro atoms. The number of furan rings is 1. The van der Waals surface area contributed by atoms with Crippen molar-refractivity contribution in [1.29, 1.82) is 0 Å². The van der Waals surface area contributed by atoms with Crippen molar-refractivity contribution in [2.75, 3.05) is 5.32 Å². The molecule has 3 aromatic rings. The number of rotatable bonds is 3. The number of nitrogens with zero attached hydrogens (tertiary/aromatic N) is 4. The number of nitrogens with one attached hydrogen (secondary N) is 1. The third kappa shape index (κ3) is 2.66. The fourth-order valence-electron chi connectivity index (χ4n) is 1.95. The third-order valence-electron chi connectivity index (χ3n) is 2.89. The minimum absolute atomic E-state index is 0.250. The van der Waals surface area contributed by atoms with E-state index in [-0.39, 0.29) is 5.91 Å². The summed E-state index contributed by atoms with van der Waals surface area (Å²) in [5.74, 6) is 1.47. The molecule has 0 saturated heterocycles. The first kappa shape index (κ1) is 13.0. The molecule has 0 aliphatic heterocycles. The summed E-state index contributed by atoms with van der Waals surface area (Å²) in [5, 5.41) is 6.76. The summed E-state index contributed by atoms with van der Waals surface area (Å²) in [5.41, 5.74) is 1.01. The lowest BCUT2D eigenvalue weighted by molar-refractivity contribution is 0.102. The van der Waals surface area contributed by atoms with Gasteiger partial charge in [-0.05, 0) is 26.0 Å². The van der Waals surface area contributed by atoms with Gasteiger partial charge >= 0.3 is 0 Å². The molecule has 0 radical (unpaired) electrons. The maximum atomic E-state index is 12.1. The van der Waals surface area contributed by atoms with Gasteiger partial charge in [0.25, 0.3) is 11.9 Å². The van der Waals surface area contributed by atoms with Crippen LogP contribution in [-0.4, -0.2) is 25.7 Å². The molecule has 1 amide bonds. The first-order valence-electron chi connectivity index (χ1n) is 6.34. The number of aromatic nitrogens is 4. The van der Waals surface area contributed by atoms with Crippen molar-refractivity contribution in [1.82, 2.24) is 19.7 Å². The standard InChI is InChI=1S/C14H13N5O2/c1-9-6-12(10(2)21-9)13(20)18-11-7-15-14(16-8-11)19-5-3-4-17-19/h3-8H,1-2H3,(H,18,20). The Hall–Kier alpha value is -2.96. The van der Waals surface area contributed by atoms with E-state index < -0.39 is 0 Å². The summed E-state index contributed by atoms with van der Waals surface area (Å²) in [6.45, 7) is 3.55. The molecular formula is C14H13N5O2. The molecule has 0 aliphatic rings. The Morgan fingerprint density at radius 2 is 2.05 bits per heavy atom. The van der Waals surface area contributed by atoms with Gasteiger partial charge in [0.1, 0.15) is 11.5 Å². The minimum Gasteiger partial charge on any atom is -0.466 e. The zero-order valence-corrected chi connectivity index (χ0v) is 11.6. The molecule has 0 bridgehead atoms.